The van der Waals surface area contributed by atoms with E-state index in [0.29, 0.717) is 0 Å². The van der Waals surface area contributed by atoms with Gasteiger partial charge in [0.2, 0.25) is 0 Å². The SMILES string of the molecule is COC(=O)c1cccc(NC(=O)c2ccc(F)cn2)n1. The van der Waals surface area contributed by atoms with Crippen LogP contribution in [0.25, 0.3) is 0 Å². The van der Waals surface area contributed by atoms with Crippen molar-refractivity contribution in [2.45, 2.75) is 0 Å². The Morgan fingerprint density at radius 1 is 1.20 bits per heavy atom. The molecule has 0 saturated carbocycles. The van der Waals surface area contributed by atoms with Crippen molar-refractivity contribution < 1.29 is 18.7 Å². The number of carbonyl (C=O) groups is 2. The molecule has 6 nitrogen and oxygen atoms in total. The van der Waals surface area contributed by atoms with Gasteiger partial charge in [-0.25, -0.2) is 19.2 Å². The lowest BCUT2D eigenvalue weighted by Crippen LogP contribution is -2.15. The lowest BCUT2D eigenvalue weighted by Gasteiger charge is -2.05. The van der Waals surface area contributed by atoms with Crippen molar-refractivity contribution in [3.63, 3.8) is 0 Å². The molecule has 0 aliphatic heterocycles. The van der Waals surface area contributed by atoms with Crippen LogP contribution in [0, 0.1) is 5.82 Å². The predicted molar refractivity (Wildman–Crippen MR) is 67.7 cm³/mol. The first-order valence-corrected chi connectivity index (χ1v) is 5.58. The van der Waals surface area contributed by atoms with Crippen molar-refractivity contribution in [1.82, 2.24) is 9.97 Å². The Morgan fingerprint density at radius 3 is 2.65 bits per heavy atom. The lowest BCUT2D eigenvalue weighted by molar-refractivity contribution is 0.0594. The Kier molecular flexibility index (Phi) is 3.99. The maximum atomic E-state index is 12.7. The summed E-state index contributed by atoms with van der Waals surface area (Å²) in [5.41, 5.74) is 0.106. The Labute approximate surface area is 113 Å². The number of esters is 1. The molecule has 0 aromatic carbocycles. The van der Waals surface area contributed by atoms with Crippen LogP contribution in [0.5, 0.6) is 0 Å². The number of aromatic nitrogens is 2. The average Bonchev–Trinajstić information content (AvgIpc) is 2.47. The maximum Gasteiger partial charge on any atom is 0.356 e. The largest absolute Gasteiger partial charge is 0.464 e. The molecule has 7 heteroatoms. The highest BCUT2D eigenvalue weighted by atomic mass is 19.1. The molecule has 20 heavy (non-hydrogen) atoms. The molecule has 1 amide bonds. The van der Waals surface area contributed by atoms with E-state index in [1.165, 1.54) is 25.3 Å². The van der Waals surface area contributed by atoms with Crippen LogP contribution in [0.3, 0.4) is 0 Å². The van der Waals surface area contributed by atoms with Crippen LogP contribution in [0.4, 0.5) is 10.2 Å². The number of nitrogens with one attached hydrogen (secondary N) is 1. The molecule has 2 rings (SSSR count). The Morgan fingerprint density at radius 2 is 2.00 bits per heavy atom. The van der Waals surface area contributed by atoms with E-state index in [9.17, 15) is 14.0 Å². The standard InChI is InChI=1S/C13H10FN3O3/c1-20-13(19)10-3-2-4-11(16-10)17-12(18)9-6-5-8(14)7-15-9/h2-7H,1H3,(H,16,17,18). The second kappa shape index (κ2) is 5.87. The van der Waals surface area contributed by atoms with Crippen LogP contribution in [-0.4, -0.2) is 29.0 Å². The number of amides is 1. The zero-order chi connectivity index (χ0) is 14.5. The summed E-state index contributed by atoms with van der Waals surface area (Å²) < 4.78 is 17.2. The van der Waals surface area contributed by atoms with Crippen LogP contribution in [0.2, 0.25) is 0 Å². The summed E-state index contributed by atoms with van der Waals surface area (Å²) in [6.45, 7) is 0. The van der Waals surface area contributed by atoms with E-state index < -0.39 is 17.7 Å². The molecule has 0 radical (unpaired) electrons. The van der Waals surface area contributed by atoms with Crippen molar-refractivity contribution in [2.24, 2.45) is 0 Å². The van der Waals surface area contributed by atoms with E-state index in [0.717, 1.165) is 12.3 Å². The van der Waals surface area contributed by atoms with Gasteiger partial charge in [-0.3, -0.25) is 4.79 Å². The molecule has 0 aliphatic rings. The minimum absolute atomic E-state index is 0.0386. The van der Waals surface area contributed by atoms with Gasteiger partial charge in [-0.1, -0.05) is 6.07 Å². The van der Waals surface area contributed by atoms with Crippen molar-refractivity contribution in [1.29, 1.82) is 0 Å². The third kappa shape index (κ3) is 3.14. The number of nitrogens with zero attached hydrogens (tertiary/aromatic N) is 2. The Hall–Kier alpha value is -2.83. The number of halogens is 1. The first-order chi connectivity index (χ1) is 9.60. The highest BCUT2D eigenvalue weighted by Gasteiger charge is 2.11. The molecule has 1 N–H and O–H groups in total. The summed E-state index contributed by atoms with van der Waals surface area (Å²) in [6, 6.07) is 6.88. The van der Waals surface area contributed by atoms with Crippen molar-refractivity contribution in [2.75, 3.05) is 12.4 Å². The number of carbonyl (C=O) groups excluding carboxylic acids is 2. The summed E-state index contributed by atoms with van der Waals surface area (Å²) in [7, 11) is 1.23. The molecule has 0 spiro atoms. The van der Waals surface area contributed by atoms with Crippen molar-refractivity contribution in [3.05, 3.63) is 53.7 Å². The minimum Gasteiger partial charge on any atom is -0.464 e. The first kappa shape index (κ1) is 13.6. The number of hydrogen-bond donors (Lipinski definition) is 1. The number of pyridine rings is 2. The smallest absolute Gasteiger partial charge is 0.356 e. The maximum absolute atomic E-state index is 12.7. The molecule has 102 valence electrons. The summed E-state index contributed by atoms with van der Waals surface area (Å²) in [4.78, 5) is 30.7. The molecular formula is C13H10FN3O3. The first-order valence-electron chi connectivity index (χ1n) is 5.58. The number of anilines is 1. The predicted octanol–water partition coefficient (Wildman–Crippen LogP) is 1.65. The van der Waals surface area contributed by atoms with Gasteiger partial charge in [-0.05, 0) is 24.3 Å². The number of hydrogen-bond acceptors (Lipinski definition) is 5. The fraction of sp³-hybridized carbons (Fsp3) is 0.0769. The zero-order valence-electron chi connectivity index (χ0n) is 10.5. The van der Waals surface area contributed by atoms with Gasteiger partial charge in [-0.15, -0.1) is 0 Å². The molecule has 2 aromatic heterocycles. The van der Waals surface area contributed by atoms with Crippen LogP contribution in [0.1, 0.15) is 21.0 Å². The van der Waals surface area contributed by atoms with Crippen molar-refractivity contribution >= 4 is 17.7 Å². The summed E-state index contributed by atoms with van der Waals surface area (Å²) in [5.74, 6) is -1.53. The molecule has 2 heterocycles. The highest BCUT2D eigenvalue weighted by molar-refractivity contribution is 6.02. The summed E-state index contributed by atoms with van der Waals surface area (Å²) in [6.07, 6.45) is 0.938. The molecule has 2 aromatic rings. The normalized spacial score (nSPS) is 9.90. The number of methoxy groups -OCH3 is 1. The zero-order valence-corrected chi connectivity index (χ0v) is 10.5. The lowest BCUT2D eigenvalue weighted by atomic mass is 10.3. The van der Waals surface area contributed by atoms with E-state index >= 15 is 0 Å². The molecule has 0 unspecified atom stereocenters. The van der Waals surface area contributed by atoms with Gasteiger partial charge in [-0.2, -0.15) is 0 Å². The van der Waals surface area contributed by atoms with Crippen LogP contribution in [0.15, 0.2) is 36.5 Å². The molecule has 0 fully saturated rings. The van der Waals surface area contributed by atoms with E-state index in [-0.39, 0.29) is 17.2 Å². The van der Waals surface area contributed by atoms with E-state index in [4.69, 9.17) is 0 Å². The van der Waals surface area contributed by atoms with E-state index in [1.807, 2.05) is 0 Å². The second-order valence-corrected chi connectivity index (χ2v) is 3.72. The molecule has 0 saturated heterocycles. The molecule has 0 atom stereocenters. The van der Waals surface area contributed by atoms with Gasteiger partial charge in [0.05, 0.1) is 13.3 Å². The highest BCUT2D eigenvalue weighted by Crippen LogP contribution is 2.08. The molecular weight excluding hydrogens is 265 g/mol. The van der Waals surface area contributed by atoms with Gasteiger partial charge in [0, 0.05) is 0 Å². The van der Waals surface area contributed by atoms with Crippen molar-refractivity contribution in [3.8, 4) is 0 Å². The summed E-state index contributed by atoms with van der Waals surface area (Å²) >= 11 is 0. The minimum atomic E-state index is -0.610. The summed E-state index contributed by atoms with van der Waals surface area (Å²) in [5, 5.41) is 2.45. The van der Waals surface area contributed by atoms with Crippen LogP contribution >= 0.6 is 0 Å². The fourth-order valence-electron chi connectivity index (χ4n) is 1.41. The number of ether oxygens (including phenoxy) is 1. The van der Waals surface area contributed by atoms with Crippen LogP contribution < -0.4 is 5.32 Å². The number of rotatable bonds is 3. The quantitative estimate of drug-likeness (QED) is 0.861. The third-order valence-electron chi connectivity index (χ3n) is 2.35. The van der Waals surface area contributed by atoms with Gasteiger partial charge < -0.3 is 10.1 Å². The topological polar surface area (TPSA) is 81.2 Å². The fourth-order valence-corrected chi connectivity index (χ4v) is 1.41. The molecule has 0 bridgehead atoms. The third-order valence-corrected chi connectivity index (χ3v) is 2.35. The molecule has 0 aliphatic carbocycles. The van der Waals surface area contributed by atoms with Gasteiger partial charge in [0.1, 0.15) is 17.3 Å². The van der Waals surface area contributed by atoms with Gasteiger partial charge in [0.25, 0.3) is 5.91 Å². The second-order valence-electron chi connectivity index (χ2n) is 3.72. The average molecular weight is 275 g/mol. The monoisotopic (exact) mass is 275 g/mol. The van der Waals surface area contributed by atoms with Gasteiger partial charge >= 0.3 is 5.97 Å². The Balaban J connectivity index is 2.15. The van der Waals surface area contributed by atoms with Crippen LogP contribution in [-0.2, 0) is 4.74 Å². The van der Waals surface area contributed by atoms with E-state index in [1.54, 1.807) is 6.07 Å². The van der Waals surface area contributed by atoms with Gasteiger partial charge in [0.15, 0.2) is 5.69 Å². The van der Waals surface area contributed by atoms with E-state index in [2.05, 4.69) is 20.0 Å². The Bertz CT molecular complexity index is 644.